The predicted octanol–water partition coefficient (Wildman–Crippen LogP) is 4.55. The average Bonchev–Trinajstić information content (AvgIpc) is 2.33. The molecule has 2 rings (SSSR count). The summed E-state index contributed by atoms with van der Waals surface area (Å²) in [6.45, 7) is 0. The van der Waals surface area contributed by atoms with Crippen molar-refractivity contribution in [3.8, 4) is 0 Å². The molecule has 1 nitrogen and oxygen atoms in total. The van der Waals surface area contributed by atoms with Gasteiger partial charge in [-0.3, -0.25) is 0 Å². The average molecular weight is 303 g/mol. The first kappa shape index (κ1) is 14.3. The number of hydrogen-bond donors (Lipinski definition) is 1. The molecule has 0 saturated carbocycles. The molecule has 0 heterocycles. The Bertz CT molecular complexity index is 602. The highest BCUT2D eigenvalue weighted by Crippen LogP contribution is 2.28. The number of hydrogen-bond acceptors (Lipinski definition) is 1. The molecule has 0 amide bonds. The first-order valence-electron chi connectivity index (χ1n) is 5.54. The molecule has 0 aliphatic rings. The summed E-state index contributed by atoms with van der Waals surface area (Å²) in [4.78, 5) is 0. The van der Waals surface area contributed by atoms with Gasteiger partial charge in [-0.15, -0.1) is 0 Å². The first-order chi connectivity index (χ1) is 8.97. The highest BCUT2D eigenvalue weighted by Gasteiger charge is 2.16. The van der Waals surface area contributed by atoms with E-state index in [4.69, 9.17) is 23.2 Å². The molecule has 0 aliphatic heterocycles. The van der Waals surface area contributed by atoms with Crippen LogP contribution in [-0.4, -0.2) is 5.11 Å². The van der Waals surface area contributed by atoms with Crippen molar-refractivity contribution in [1.29, 1.82) is 0 Å². The lowest BCUT2D eigenvalue weighted by atomic mass is 10.0. The fourth-order valence-corrected chi connectivity index (χ4v) is 2.28. The van der Waals surface area contributed by atoms with Crippen molar-refractivity contribution in [2.45, 2.75) is 12.5 Å². The highest BCUT2D eigenvalue weighted by molar-refractivity contribution is 6.31. The Labute approximate surface area is 119 Å². The van der Waals surface area contributed by atoms with Gasteiger partial charge in [-0.05, 0) is 29.8 Å². The summed E-state index contributed by atoms with van der Waals surface area (Å²) in [6, 6.07) is 8.70. The molecule has 1 atom stereocenters. The Morgan fingerprint density at radius 1 is 1.05 bits per heavy atom. The van der Waals surface area contributed by atoms with E-state index in [1.165, 1.54) is 0 Å². The molecule has 0 fully saturated rings. The van der Waals surface area contributed by atoms with Crippen LogP contribution >= 0.6 is 23.2 Å². The summed E-state index contributed by atoms with van der Waals surface area (Å²) < 4.78 is 26.1. The fourth-order valence-electron chi connectivity index (χ4n) is 1.79. The van der Waals surface area contributed by atoms with E-state index in [1.54, 1.807) is 24.3 Å². The maximum atomic E-state index is 13.2. The van der Waals surface area contributed by atoms with E-state index in [0.717, 1.165) is 17.7 Å². The molecule has 0 aliphatic carbocycles. The topological polar surface area (TPSA) is 20.2 Å². The van der Waals surface area contributed by atoms with Crippen LogP contribution in [0.15, 0.2) is 36.4 Å². The molecule has 5 heteroatoms. The van der Waals surface area contributed by atoms with Gasteiger partial charge in [-0.2, -0.15) is 0 Å². The van der Waals surface area contributed by atoms with Gasteiger partial charge in [0.1, 0.15) is 0 Å². The Hall–Kier alpha value is -1.16. The molecular formula is C14H10Cl2F2O. The summed E-state index contributed by atoms with van der Waals surface area (Å²) in [5.74, 6) is -2.08. The van der Waals surface area contributed by atoms with Crippen LogP contribution in [0.5, 0.6) is 0 Å². The third-order valence-corrected chi connectivity index (χ3v) is 3.28. The monoisotopic (exact) mass is 302 g/mol. The standard InChI is InChI=1S/C14H10Cl2F2O/c15-9-3-1-2-8(4-9)5-14(19)10-6-12(17)13(18)7-11(10)16/h1-4,6-7,14,19H,5H2. The second kappa shape index (κ2) is 5.87. The third kappa shape index (κ3) is 3.44. The van der Waals surface area contributed by atoms with Gasteiger partial charge in [0.2, 0.25) is 0 Å². The Balaban J connectivity index is 2.25. The Morgan fingerprint density at radius 2 is 1.74 bits per heavy atom. The lowest BCUT2D eigenvalue weighted by molar-refractivity contribution is 0.178. The summed E-state index contributed by atoms with van der Waals surface area (Å²) in [6.07, 6.45) is -0.813. The van der Waals surface area contributed by atoms with Crippen LogP contribution in [0, 0.1) is 11.6 Å². The van der Waals surface area contributed by atoms with Crippen LogP contribution in [0.3, 0.4) is 0 Å². The predicted molar refractivity (Wildman–Crippen MR) is 71.5 cm³/mol. The Kier molecular flexibility index (Phi) is 4.40. The SMILES string of the molecule is OC(Cc1cccc(Cl)c1)c1cc(F)c(F)cc1Cl. The van der Waals surface area contributed by atoms with Crippen molar-refractivity contribution in [2.75, 3.05) is 0 Å². The molecule has 2 aromatic carbocycles. The zero-order valence-electron chi connectivity index (χ0n) is 9.71. The van der Waals surface area contributed by atoms with Crippen LogP contribution < -0.4 is 0 Å². The van der Waals surface area contributed by atoms with E-state index in [2.05, 4.69) is 0 Å². The molecule has 0 radical (unpaired) electrons. The van der Waals surface area contributed by atoms with Crippen LogP contribution in [0.25, 0.3) is 0 Å². The van der Waals surface area contributed by atoms with E-state index >= 15 is 0 Å². The number of aliphatic hydroxyl groups excluding tert-OH is 1. The van der Waals surface area contributed by atoms with Gasteiger partial charge in [0.25, 0.3) is 0 Å². The Morgan fingerprint density at radius 3 is 2.42 bits per heavy atom. The second-order valence-corrected chi connectivity index (χ2v) is 4.98. The molecular weight excluding hydrogens is 293 g/mol. The minimum absolute atomic E-state index is 0.00609. The molecule has 0 saturated heterocycles. The molecule has 1 unspecified atom stereocenters. The van der Waals surface area contributed by atoms with Gasteiger partial charge in [-0.1, -0.05) is 35.3 Å². The van der Waals surface area contributed by atoms with E-state index in [-0.39, 0.29) is 17.0 Å². The highest BCUT2D eigenvalue weighted by atomic mass is 35.5. The van der Waals surface area contributed by atoms with Gasteiger partial charge >= 0.3 is 0 Å². The molecule has 0 bridgehead atoms. The van der Waals surface area contributed by atoms with E-state index in [9.17, 15) is 13.9 Å². The van der Waals surface area contributed by atoms with Crippen molar-refractivity contribution in [3.63, 3.8) is 0 Å². The summed E-state index contributed by atoms with van der Waals surface area (Å²) in [5, 5.41) is 10.6. The molecule has 2 aromatic rings. The van der Waals surface area contributed by atoms with Crippen LogP contribution in [0.1, 0.15) is 17.2 Å². The van der Waals surface area contributed by atoms with Crippen molar-refractivity contribution >= 4 is 23.2 Å². The van der Waals surface area contributed by atoms with Crippen molar-refractivity contribution in [3.05, 3.63) is 69.2 Å². The molecule has 100 valence electrons. The molecule has 0 aromatic heterocycles. The largest absolute Gasteiger partial charge is 0.388 e. The zero-order valence-corrected chi connectivity index (χ0v) is 11.2. The number of benzene rings is 2. The number of halogens is 4. The maximum Gasteiger partial charge on any atom is 0.160 e. The van der Waals surface area contributed by atoms with Gasteiger partial charge in [0.05, 0.1) is 6.10 Å². The van der Waals surface area contributed by atoms with Crippen molar-refractivity contribution < 1.29 is 13.9 Å². The van der Waals surface area contributed by atoms with Crippen LogP contribution in [0.4, 0.5) is 8.78 Å². The van der Waals surface area contributed by atoms with E-state index in [1.807, 2.05) is 0 Å². The van der Waals surface area contributed by atoms with Crippen molar-refractivity contribution in [2.24, 2.45) is 0 Å². The zero-order chi connectivity index (χ0) is 14.0. The normalized spacial score (nSPS) is 12.5. The van der Waals surface area contributed by atoms with E-state index in [0.29, 0.717) is 5.02 Å². The fraction of sp³-hybridized carbons (Fsp3) is 0.143. The number of aliphatic hydroxyl groups is 1. The quantitative estimate of drug-likeness (QED) is 0.825. The van der Waals surface area contributed by atoms with Gasteiger partial charge in [-0.25, -0.2) is 8.78 Å². The lowest BCUT2D eigenvalue weighted by Crippen LogP contribution is -2.04. The smallest absolute Gasteiger partial charge is 0.160 e. The minimum Gasteiger partial charge on any atom is -0.388 e. The number of rotatable bonds is 3. The summed E-state index contributed by atoms with van der Waals surface area (Å²) >= 11 is 11.6. The van der Waals surface area contributed by atoms with Crippen LogP contribution in [0.2, 0.25) is 10.0 Å². The van der Waals surface area contributed by atoms with Gasteiger partial charge in [0.15, 0.2) is 11.6 Å². The van der Waals surface area contributed by atoms with E-state index < -0.39 is 17.7 Å². The van der Waals surface area contributed by atoms with Gasteiger partial charge < -0.3 is 5.11 Å². The molecule has 19 heavy (non-hydrogen) atoms. The minimum atomic E-state index is -1.04. The second-order valence-electron chi connectivity index (χ2n) is 4.14. The maximum absolute atomic E-state index is 13.2. The third-order valence-electron chi connectivity index (χ3n) is 2.72. The summed E-state index contributed by atoms with van der Waals surface area (Å²) in [7, 11) is 0. The summed E-state index contributed by atoms with van der Waals surface area (Å²) in [5.41, 5.74) is 0.932. The lowest BCUT2D eigenvalue weighted by Gasteiger charge is -2.13. The van der Waals surface area contributed by atoms with Crippen molar-refractivity contribution in [1.82, 2.24) is 0 Å². The first-order valence-corrected chi connectivity index (χ1v) is 6.30. The molecule has 0 spiro atoms. The van der Waals surface area contributed by atoms with Crippen LogP contribution in [-0.2, 0) is 6.42 Å². The molecule has 1 N–H and O–H groups in total. The van der Waals surface area contributed by atoms with Gasteiger partial charge in [0, 0.05) is 22.0 Å².